The van der Waals surface area contributed by atoms with Crippen LogP contribution in [0.4, 0.5) is 0 Å². The van der Waals surface area contributed by atoms with Crippen molar-refractivity contribution in [1.29, 1.82) is 0 Å². The quantitative estimate of drug-likeness (QED) is 0.743. The van der Waals surface area contributed by atoms with Crippen LogP contribution in [-0.4, -0.2) is 12.3 Å². The van der Waals surface area contributed by atoms with Gasteiger partial charge in [0.15, 0.2) is 0 Å². The second-order valence-electron chi connectivity index (χ2n) is 2.98. The molecule has 2 rings (SSSR count). The summed E-state index contributed by atoms with van der Waals surface area (Å²) in [7, 11) is 1.67. The zero-order valence-corrected chi connectivity index (χ0v) is 7.93. The van der Waals surface area contributed by atoms with E-state index in [1.54, 1.807) is 13.4 Å². The maximum absolute atomic E-state index is 5.24. The summed E-state index contributed by atoms with van der Waals surface area (Å²) >= 11 is 0. The smallest absolute Gasteiger partial charge is 0.124 e. The van der Waals surface area contributed by atoms with Gasteiger partial charge in [0.25, 0.3) is 0 Å². The number of aromatic nitrogens is 1. The molecular weight excluding hydrogens is 178 g/mol. The second kappa shape index (κ2) is 3.96. The van der Waals surface area contributed by atoms with Crippen molar-refractivity contribution in [3.05, 3.63) is 47.9 Å². The number of hydrogen-bond acceptors (Lipinski definition) is 3. The average Bonchev–Trinajstić information content (AvgIpc) is 2.71. The molecule has 0 N–H and O–H groups in total. The number of rotatable bonds is 3. The third-order valence-corrected chi connectivity index (χ3v) is 2.06. The average molecular weight is 189 g/mol. The molecule has 1 aromatic heterocycles. The minimum Gasteiger partial charge on any atom is -0.496 e. The van der Waals surface area contributed by atoms with Crippen LogP contribution in [-0.2, 0) is 6.42 Å². The maximum atomic E-state index is 5.24. The van der Waals surface area contributed by atoms with Gasteiger partial charge in [-0.1, -0.05) is 23.4 Å². The standard InChI is InChI=1S/C11H11NO2/c1-13-11-5-3-2-4-9(11)8-10-6-7-14-12-10/h2-7H,8H2,1H3. The van der Waals surface area contributed by atoms with Gasteiger partial charge in [-0.2, -0.15) is 0 Å². The molecule has 0 unspecified atom stereocenters. The highest BCUT2D eigenvalue weighted by Crippen LogP contribution is 2.19. The van der Waals surface area contributed by atoms with Gasteiger partial charge in [-0.25, -0.2) is 0 Å². The molecule has 3 nitrogen and oxygen atoms in total. The van der Waals surface area contributed by atoms with Crippen LogP contribution >= 0.6 is 0 Å². The molecule has 14 heavy (non-hydrogen) atoms. The second-order valence-corrected chi connectivity index (χ2v) is 2.98. The normalized spacial score (nSPS) is 10.1. The van der Waals surface area contributed by atoms with Crippen LogP contribution in [0.25, 0.3) is 0 Å². The summed E-state index contributed by atoms with van der Waals surface area (Å²) in [5.74, 6) is 0.885. The Bertz CT molecular complexity index is 395. The molecule has 0 aliphatic rings. The summed E-state index contributed by atoms with van der Waals surface area (Å²) in [6, 6.07) is 9.75. The molecule has 0 saturated carbocycles. The molecule has 0 fully saturated rings. The molecule has 0 spiro atoms. The number of benzene rings is 1. The van der Waals surface area contributed by atoms with Crippen LogP contribution in [0.2, 0.25) is 0 Å². The summed E-state index contributed by atoms with van der Waals surface area (Å²) in [5.41, 5.74) is 2.03. The van der Waals surface area contributed by atoms with E-state index in [4.69, 9.17) is 9.26 Å². The topological polar surface area (TPSA) is 35.3 Å². The van der Waals surface area contributed by atoms with Gasteiger partial charge in [0.05, 0.1) is 12.8 Å². The molecule has 0 bridgehead atoms. The van der Waals surface area contributed by atoms with Crippen molar-refractivity contribution in [2.75, 3.05) is 7.11 Å². The number of nitrogens with zero attached hydrogens (tertiary/aromatic N) is 1. The first-order valence-corrected chi connectivity index (χ1v) is 4.41. The molecule has 1 aromatic carbocycles. The molecule has 0 saturated heterocycles. The first-order chi connectivity index (χ1) is 6.90. The molecule has 3 heteroatoms. The Balaban J connectivity index is 2.24. The minimum atomic E-state index is 0.737. The first-order valence-electron chi connectivity index (χ1n) is 4.41. The third kappa shape index (κ3) is 1.76. The lowest BCUT2D eigenvalue weighted by atomic mass is 10.1. The molecule has 1 heterocycles. The van der Waals surface area contributed by atoms with Crippen molar-refractivity contribution in [3.8, 4) is 5.75 Å². The van der Waals surface area contributed by atoms with E-state index in [-0.39, 0.29) is 0 Å². The molecule has 2 aromatic rings. The van der Waals surface area contributed by atoms with Crippen molar-refractivity contribution < 1.29 is 9.26 Å². The van der Waals surface area contributed by atoms with Gasteiger partial charge in [-0.15, -0.1) is 0 Å². The Morgan fingerprint density at radius 2 is 2.14 bits per heavy atom. The largest absolute Gasteiger partial charge is 0.496 e. The van der Waals surface area contributed by atoms with Gasteiger partial charge < -0.3 is 9.26 Å². The Labute approximate surface area is 82.3 Å². The van der Waals surface area contributed by atoms with Crippen molar-refractivity contribution in [2.45, 2.75) is 6.42 Å². The van der Waals surface area contributed by atoms with Crippen LogP contribution < -0.4 is 4.74 Å². The van der Waals surface area contributed by atoms with Crippen LogP contribution in [0.1, 0.15) is 11.3 Å². The molecular formula is C11H11NO2. The summed E-state index contributed by atoms with van der Waals surface area (Å²) < 4.78 is 10.0. The molecule has 0 amide bonds. The van der Waals surface area contributed by atoms with Crippen LogP contribution in [0.15, 0.2) is 41.1 Å². The van der Waals surface area contributed by atoms with Crippen molar-refractivity contribution in [2.24, 2.45) is 0 Å². The lowest BCUT2D eigenvalue weighted by Gasteiger charge is -2.05. The summed E-state index contributed by atoms with van der Waals surface area (Å²) in [6.45, 7) is 0. The van der Waals surface area contributed by atoms with Gasteiger partial charge in [-0.05, 0) is 6.07 Å². The zero-order valence-electron chi connectivity index (χ0n) is 7.93. The van der Waals surface area contributed by atoms with Gasteiger partial charge in [0, 0.05) is 18.1 Å². The Hall–Kier alpha value is -1.77. The number of hydrogen-bond donors (Lipinski definition) is 0. The lowest BCUT2D eigenvalue weighted by Crippen LogP contribution is -1.93. The van der Waals surface area contributed by atoms with E-state index < -0.39 is 0 Å². The van der Waals surface area contributed by atoms with Crippen molar-refractivity contribution in [1.82, 2.24) is 5.16 Å². The van der Waals surface area contributed by atoms with Crippen LogP contribution in [0, 0.1) is 0 Å². The van der Waals surface area contributed by atoms with Gasteiger partial charge in [-0.3, -0.25) is 0 Å². The van der Waals surface area contributed by atoms with E-state index in [9.17, 15) is 0 Å². The highest BCUT2D eigenvalue weighted by atomic mass is 16.5. The molecule has 0 atom stereocenters. The van der Waals surface area contributed by atoms with E-state index in [1.807, 2.05) is 30.3 Å². The Morgan fingerprint density at radius 3 is 2.86 bits per heavy atom. The van der Waals surface area contributed by atoms with Gasteiger partial charge in [0.1, 0.15) is 12.0 Å². The summed E-state index contributed by atoms with van der Waals surface area (Å²) in [4.78, 5) is 0. The molecule has 72 valence electrons. The third-order valence-electron chi connectivity index (χ3n) is 2.06. The van der Waals surface area contributed by atoms with E-state index in [0.29, 0.717) is 0 Å². The van der Waals surface area contributed by atoms with Crippen LogP contribution in [0.3, 0.4) is 0 Å². The number of ether oxygens (including phenoxy) is 1. The van der Waals surface area contributed by atoms with Crippen molar-refractivity contribution in [3.63, 3.8) is 0 Å². The fourth-order valence-electron chi connectivity index (χ4n) is 1.37. The Kier molecular flexibility index (Phi) is 2.49. The van der Waals surface area contributed by atoms with E-state index in [1.165, 1.54) is 0 Å². The van der Waals surface area contributed by atoms with E-state index in [2.05, 4.69) is 5.16 Å². The van der Waals surface area contributed by atoms with Crippen LogP contribution in [0.5, 0.6) is 5.75 Å². The minimum absolute atomic E-state index is 0.737. The maximum Gasteiger partial charge on any atom is 0.124 e. The summed E-state index contributed by atoms with van der Waals surface area (Å²) in [5, 5.41) is 3.86. The number of para-hydroxylation sites is 1. The fraction of sp³-hybridized carbons (Fsp3) is 0.182. The SMILES string of the molecule is COc1ccccc1Cc1ccon1. The zero-order chi connectivity index (χ0) is 9.80. The highest BCUT2D eigenvalue weighted by molar-refractivity contribution is 5.35. The molecule has 0 aliphatic heterocycles. The molecule has 0 radical (unpaired) electrons. The molecule has 0 aliphatic carbocycles. The van der Waals surface area contributed by atoms with E-state index >= 15 is 0 Å². The van der Waals surface area contributed by atoms with Gasteiger partial charge in [0.2, 0.25) is 0 Å². The van der Waals surface area contributed by atoms with Crippen molar-refractivity contribution >= 4 is 0 Å². The van der Waals surface area contributed by atoms with E-state index in [0.717, 1.165) is 23.4 Å². The monoisotopic (exact) mass is 189 g/mol. The fourth-order valence-corrected chi connectivity index (χ4v) is 1.37. The lowest BCUT2D eigenvalue weighted by molar-refractivity contribution is 0.405. The van der Waals surface area contributed by atoms with Gasteiger partial charge >= 0.3 is 0 Å². The summed E-state index contributed by atoms with van der Waals surface area (Å²) in [6.07, 6.45) is 2.31. The first kappa shape index (κ1) is 8.81. The number of methoxy groups -OCH3 is 1. The highest BCUT2D eigenvalue weighted by Gasteiger charge is 2.04. The predicted molar refractivity (Wildman–Crippen MR) is 52.3 cm³/mol. The Morgan fingerprint density at radius 1 is 1.29 bits per heavy atom. The predicted octanol–water partition coefficient (Wildman–Crippen LogP) is 2.27.